The van der Waals surface area contributed by atoms with Crippen molar-refractivity contribution in [1.82, 2.24) is 19.2 Å². The first kappa shape index (κ1) is 25.2. The van der Waals surface area contributed by atoms with Crippen LogP contribution in [0.5, 0.6) is 5.75 Å². The van der Waals surface area contributed by atoms with Crippen LogP contribution in [0.4, 0.5) is 0 Å². The van der Waals surface area contributed by atoms with Crippen molar-refractivity contribution in [1.29, 1.82) is 0 Å². The van der Waals surface area contributed by atoms with E-state index >= 15 is 0 Å². The number of ketones is 1. The van der Waals surface area contributed by atoms with Crippen LogP contribution in [0.1, 0.15) is 48.3 Å². The van der Waals surface area contributed by atoms with Crippen molar-refractivity contribution < 1.29 is 23.9 Å². The SMILES string of the molecule is CCC(C)C(=O)C(=O)N1CCc2c(C(=O)OC)c(OCCCc3cnn(C)c3)cc(=O)n2CC1. The van der Waals surface area contributed by atoms with Crippen LogP contribution in [0.2, 0.25) is 0 Å². The number of esters is 1. The molecule has 0 aliphatic carbocycles. The van der Waals surface area contributed by atoms with Gasteiger partial charge in [0.1, 0.15) is 11.3 Å². The molecule has 0 fully saturated rings. The highest BCUT2D eigenvalue weighted by molar-refractivity contribution is 6.36. The minimum atomic E-state index is -0.610. The fourth-order valence-corrected chi connectivity index (χ4v) is 4.00. The molecule has 0 spiro atoms. The van der Waals surface area contributed by atoms with E-state index in [2.05, 4.69) is 5.10 Å². The second kappa shape index (κ2) is 11.1. The van der Waals surface area contributed by atoms with E-state index in [4.69, 9.17) is 9.47 Å². The summed E-state index contributed by atoms with van der Waals surface area (Å²) in [4.78, 5) is 52.1. The fraction of sp³-hybridized carbons (Fsp3) is 0.542. The van der Waals surface area contributed by atoms with E-state index in [1.165, 1.54) is 22.6 Å². The summed E-state index contributed by atoms with van der Waals surface area (Å²) in [6, 6.07) is 1.29. The Morgan fingerprint density at radius 2 is 1.97 bits per heavy atom. The van der Waals surface area contributed by atoms with Gasteiger partial charge in [-0.25, -0.2) is 4.79 Å². The Morgan fingerprint density at radius 3 is 2.62 bits per heavy atom. The summed E-state index contributed by atoms with van der Waals surface area (Å²) in [7, 11) is 3.12. The summed E-state index contributed by atoms with van der Waals surface area (Å²) in [6.45, 7) is 4.49. The standard InChI is InChI=1S/C24H32N4O6/c1-5-16(2)22(30)23(31)27-9-8-18-21(24(32)33-4)19(13-20(29)28(18)11-10-27)34-12-6-7-17-14-25-26(3)15-17/h13-16H,5-12H2,1-4H3. The zero-order chi connectivity index (χ0) is 24.8. The van der Waals surface area contributed by atoms with E-state index in [1.807, 2.05) is 20.2 Å². The molecule has 1 unspecified atom stereocenters. The highest BCUT2D eigenvalue weighted by Crippen LogP contribution is 2.24. The van der Waals surface area contributed by atoms with Gasteiger partial charge in [-0.1, -0.05) is 13.8 Å². The molecule has 1 atom stereocenters. The third-order valence-electron chi connectivity index (χ3n) is 6.17. The lowest BCUT2D eigenvalue weighted by molar-refractivity contribution is -0.146. The fourth-order valence-electron chi connectivity index (χ4n) is 4.00. The lowest BCUT2D eigenvalue weighted by Crippen LogP contribution is -2.40. The molecule has 0 radical (unpaired) electrons. The van der Waals surface area contributed by atoms with Crippen LogP contribution in [-0.4, -0.2) is 63.7 Å². The number of methoxy groups -OCH3 is 1. The molecule has 10 nitrogen and oxygen atoms in total. The molecule has 2 aromatic rings. The van der Waals surface area contributed by atoms with Crippen molar-refractivity contribution >= 4 is 17.7 Å². The molecule has 0 N–H and O–H groups in total. The maximum Gasteiger partial charge on any atom is 0.343 e. The van der Waals surface area contributed by atoms with Crippen molar-refractivity contribution in [2.24, 2.45) is 13.0 Å². The Hall–Kier alpha value is -3.43. The van der Waals surface area contributed by atoms with Crippen LogP contribution in [0.25, 0.3) is 0 Å². The van der Waals surface area contributed by atoms with Gasteiger partial charge in [0.2, 0.25) is 5.78 Å². The minimum Gasteiger partial charge on any atom is -0.492 e. The summed E-state index contributed by atoms with van der Waals surface area (Å²) in [5.41, 5.74) is 1.38. The number of hydrogen-bond acceptors (Lipinski definition) is 7. The first-order valence-electron chi connectivity index (χ1n) is 11.5. The van der Waals surface area contributed by atoms with Gasteiger partial charge in [-0.3, -0.25) is 19.1 Å². The smallest absolute Gasteiger partial charge is 0.343 e. The lowest BCUT2D eigenvalue weighted by Gasteiger charge is -2.20. The van der Waals surface area contributed by atoms with Gasteiger partial charge in [0.15, 0.2) is 0 Å². The van der Waals surface area contributed by atoms with Gasteiger partial charge in [-0.2, -0.15) is 5.10 Å². The van der Waals surface area contributed by atoms with E-state index < -0.39 is 17.7 Å². The summed E-state index contributed by atoms with van der Waals surface area (Å²) in [5.74, 6) is -1.79. The van der Waals surface area contributed by atoms with Crippen LogP contribution >= 0.6 is 0 Å². The van der Waals surface area contributed by atoms with Gasteiger partial charge in [-0.05, 0) is 24.8 Å². The molecule has 2 aromatic heterocycles. The topological polar surface area (TPSA) is 113 Å². The van der Waals surface area contributed by atoms with E-state index in [-0.39, 0.29) is 48.8 Å². The number of Topliss-reactive ketones (excluding diaryl/α,β-unsaturated/α-hetero) is 1. The number of ether oxygens (including phenoxy) is 2. The van der Waals surface area contributed by atoms with Gasteiger partial charge in [-0.15, -0.1) is 0 Å². The number of carbonyl (C=O) groups excluding carboxylic acids is 3. The molecular formula is C24H32N4O6. The molecular weight excluding hydrogens is 440 g/mol. The number of aryl methyl sites for hydroxylation is 2. The molecule has 34 heavy (non-hydrogen) atoms. The molecule has 0 bridgehead atoms. The highest BCUT2D eigenvalue weighted by atomic mass is 16.5. The van der Waals surface area contributed by atoms with Crippen molar-refractivity contribution in [2.45, 2.75) is 46.1 Å². The van der Waals surface area contributed by atoms with Gasteiger partial charge < -0.3 is 18.9 Å². The quantitative estimate of drug-likeness (QED) is 0.308. The number of aromatic nitrogens is 3. The molecule has 0 aromatic carbocycles. The molecule has 1 aliphatic heterocycles. The van der Waals surface area contributed by atoms with Gasteiger partial charge in [0, 0.05) is 57.0 Å². The lowest BCUT2D eigenvalue weighted by atomic mass is 10.0. The second-order valence-electron chi connectivity index (χ2n) is 8.50. The molecule has 10 heteroatoms. The second-order valence-corrected chi connectivity index (χ2v) is 8.50. The van der Waals surface area contributed by atoms with Gasteiger partial charge in [0.25, 0.3) is 11.5 Å². The minimum absolute atomic E-state index is 0.171. The van der Waals surface area contributed by atoms with Crippen molar-refractivity contribution in [3.8, 4) is 5.75 Å². The third kappa shape index (κ3) is 5.55. The van der Waals surface area contributed by atoms with Crippen LogP contribution in [0, 0.1) is 5.92 Å². The van der Waals surface area contributed by atoms with Crippen LogP contribution in [0.15, 0.2) is 23.3 Å². The normalized spacial score (nSPS) is 14.2. The Morgan fingerprint density at radius 1 is 1.21 bits per heavy atom. The number of pyridine rings is 1. The van der Waals surface area contributed by atoms with E-state index in [0.717, 1.165) is 12.0 Å². The largest absolute Gasteiger partial charge is 0.492 e. The first-order valence-corrected chi connectivity index (χ1v) is 11.5. The van der Waals surface area contributed by atoms with E-state index in [1.54, 1.807) is 17.8 Å². The maximum atomic E-state index is 12.9. The molecule has 0 saturated carbocycles. The molecule has 184 valence electrons. The highest BCUT2D eigenvalue weighted by Gasteiger charge is 2.30. The Balaban J connectivity index is 1.80. The number of hydrogen-bond donors (Lipinski definition) is 0. The molecule has 1 aliphatic rings. The predicted molar refractivity (Wildman–Crippen MR) is 124 cm³/mol. The number of carbonyl (C=O) groups is 3. The Kier molecular flexibility index (Phi) is 8.25. The number of nitrogens with zero attached hydrogens (tertiary/aromatic N) is 4. The van der Waals surface area contributed by atoms with E-state index in [0.29, 0.717) is 25.1 Å². The van der Waals surface area contributed by atoms with Crippen LogP contribution in [-0.2, 0) is 40.8 Å². The number of amides is 1. The first-order chi connectivity index (χ1) is 16.3. The number of rotatable bonds is 9. The maximum absolute atomic E-state index is 12.9. The van der Waals surface area contributed by atoms with E-state index in [9.17, 15) is 19.2 Å². The monoisotopic (exact) mass is 472 g/mol. The Labute approximate surface area is 198 Å². The third-order valence-corrected chi connectivity index (χ3v) is 6.17. The summed E-state index contributed by atoms with van der Waals surface area (Å²) >= 11 is 0. The van der Waals surface area contributed by atoms with Crippen LogP contribution in [0.3, 0.4) is 0 Å². The van der Waals surface area contributed by atoms with Crippen LogP contribution < -0.4 is 10.3 Å². The summed E-state index contributed by atoms with van der Waals surface area (Å²) < 4.78 is 14.0. The van der Waals surface area contributed by atoms with Crippen molar-refractivity contribution in [3.05, 3.63) is 45.6 Å². The molecule has 1 amide bonds. The molecule has 0 saturated heterocycles. The Bertz CT molecular complexity index is 1120. The molecule has 3 rings (SSSR count). The number of fused-ring (bicyclic) bond motifs is 1. The molecule has 3 heterocycles. The van der Waals surface area contributed by atoms with Crippen molar-refractivity contribution in [2.75, 3.05) is 26.8 Å². The van der Waals surface area contributed by atoms with Crippen molar-refractivity contribution in [3.63, 3.8) is 0 Å². The average molecular weight is 473 g/mol. The predicted octanol–water partition coefficient (Wildman–Crippen LogP) is 1.38. The van der Waals surface area contributed by atoms with Gasteiger partial charge in [0.05, 0.1) is 19.9 Å². The zero-order valence-electron chi connectivity index (χ0n) is 20.2. The average Bonchev–Trinajstić information content (AvgIpc) is 3.12. The summed E-state index contributed by atoms with van der Waals surface area (Å²) in [6.07, 6.45) is 5.93. The van der Waals surface area contributed by atoms with Gasteiger partial charge >= 0.3 is 5.97 Å². The zero-order valence-corrected chi connectivity index (χ0v) is 20.2. The summed E-state index contributed by atoms with van der Waals surface area (Å²) in [5, 5.41) is 4.14.